The third-order valence-corrected chi connectivity index (χ3v) is 4.04. The van der Waals surface area contributed by atoms with E-state index in [4.69, 9.17) is 10.5 Å². The first-order valence-corrected chi connectivity index (χ1v) is 7.42. The van der Waals surface area contributed by atoms with Gasteiger partial charge in [0.25, 0.3) is 0 Å². The van der Waals surface area contributed by atoms with Gasteiger partial charge in [0.05, 0.1) is 6.61 Å². The van der Waals surface area contributed by atoms with Gasteiger partial charge in [-0.05, 0) is 43.5 Å². The molecule has 3 heteroatoms. The van der Waals surface area contributed by atoms with Gasteiger partial charge in [0, 0.05) is 19.1 Å². The van der Waals surface area contributed by atoms with Crippen molar-refractivity contribution in [3.63, 3.8) is 0 Å². The summed E-state index contributed by atoms with van der Waals surface area (Å²) in [6.45, 7) is 8.24. The van der Waals surface area contributed by atoms with Crippen molar-refractivity contribution < 1.29 is 4.74 Å². The number of hydrogen-bond acceptors (Lipinski definition) is 3. The van der Waals surface area contributed by atoms with Gasteiger partial charge in [0.15, 0.2) is 0 Å². The molecule has 1 aromatic rings. The Bertz CT molecular complexity index is 377. The summed E-state index contributed by atoms with van der Waals surface area (Å²) in [7, 11) is 0. The van der Waals surface area contributed by atoms with E-state index in [1.165, 1.54) is 12.0 Å². The lowest BCUT2D eigenvalue weighted by molar-refractivity contribution is 0.145. The predicted molar refractivity (Wildman–Crippen MR) is 79.3 cm³/mol. The Balaban J connectivity index is 1.90. The van der Waals surface area contributed by atoms with Gasteiger partial charge in [0.1, 0.15) is 5.75 Å². The van der Waals surface area contributed by atoms with Gasteiger partial charge >= 0.3 is 0 Å². The minimum absolute atomic E-state index is 0.390. The normalized spacial score (nSPS) is 24.4. The molecule has 19 heavy (non-hydrogen) atoms. The highest BCUT2D eigenvalue weighted by Crippen LogP contribution is 2.21. The van der Waals surface area contributed by atoms with Crippen LogP contribution in [0.1, 0.15) is 32.3 Å². The van der Waals surface area contributed by atoms with Gasteiger partial charge in [-0.2, -0.15) is 0 Å². The molecule has 1 aromatic carbocycles. The summed E-state index contributed by atoms with van der Waals surface area (Å²) in [5.74, 6) is 1.61. The van der Waals surface area contributed by atoms with Gasteiger partial charge in [-0.25, -0.2) is 0 Å². The first-order chi connectivity index (χ1) is 9.22. The van der Waals surface area contributed by atoms with E-state index in [2.05, 4.69) is 36.1 Å². The second-order valence-electron chi connectivity index (χ2n) is 5.43. The van der Waals surface area contributed by atoms with E-state index in [1.54, 1.807) is 0 Å². The minimum Gasteiger partial charge on any atom is -0.494 e. The molecule has 2 rings (SSSR count). The molecular formula is C16H26N2O. The first-order valence-electron chi connectivity index (χ1n) is 7.42. The number of likely N-dealkylation sites (tertiary alicyclic amines) is 1. The number of ether oxygens (including phenoxy) is 1. The lowest BCUT2D eigenvalue weighted by Crippen LogP contribution is -2.46. The van der Waals surface area contributed by atoms with Gasteiger partial charge in [0.2, 0.25) is 0 Å². The highest BCUT2D eigenvalue weighted by atomic mass is 16.5. The van der Waals surface area contributed by atoms with Crippen LogP contribution >= 0.6 is 0 Å². The van der Waals surface area contributed by atoms with Crippen LogP contribution in [-0.4, -0.2) is 30.6 Å². The Morgan fingerprint density at radius 2 is 2.00 bits per heavy atom. The SMILES string of the molecule is CCOc1ccc(CN2CCC(N)C(CC)C2)cc1. The third kappa shape index (κ3) is 3.95. The van der Waals surface area contributed by atoms with Crippen LogP contribution in [0.5, 0.6) is 5.75 Å². The molecule has 1 saturated heterocycles. The zero-order valence-corrected chi connectivity index (χ0v) is 12.1. The third-order valence-electron chi connectivity index (χ3n) is 4.04. The number of nitrogens with two attached hydrogens (primary N) is 1. The van der Waals surface area contributed by atoms with Crippen LogP contribution in [0.15, 0.2) is 24.3 Å². The zero-order chi connectivity index (χ0) is 13.7. The molecule has 2 atom stereocenters. The van der Waals surface area contributed by atoms with Crippen molar-refractivity contribution in [2.24, 2.45) is 11.7 Å². The molecule has 0 bridgehead atoms. The van der Waals surface area contributed by atoms with Crippen molar-refractivity contribution in [3.8, 4) is 5.75 Å². The molecule has 1 aliphatic rings. The van der Waals surface area contributed by atoms with Crippen molar-refractivity contribution in [2.45, 2.75) is 39.3 Å². The van der Waals surface area contributed by atoms with Crippen LogP contribution in [0.3, 0.4) is 0 Å². The van der Waals surface area contributed by atoms with E-state index < -0.39 is 0 Å². The second-order valence-corrected chi connectivity index (χ2v) is 5.43. The summed E-state index contributed by atoms with van der Waals surface area (Å²) in [5, 5.41) is 0. The van der Waals surface area contributed by atoms with E-state index >= 15 is 0 Å². The van der Waals surface area contributed by atoms with E-state index in [0.717, 1.165) is 38.4 Å². The summed E-state index contributed by atoms with van der Waals surface area (Å²) < 4.78 is 5.47. The summed E-state index contributed by atoms with van der Waals surface area (Å²) in [6.07, 6.45) is 2.30. The van der Waals surface area contributed by atoms with Crippen molar-refractivity contribution in [1.29, 1.82) is 0 Å². The predicted octanol–water partition coefficient (Wildman–Crippen LogP) is 2.64. The van der Waals surface area contributed by atoms with Crippen LogP contribution in [0.25, 0.3) is 0 Å². The number of rotatable bonds is 5. The average Bonchev–Trinajstić information content (AvgIpc) is 2.43. The van der Waals surface area contributed by atoms with Crippen molar-refractivity contribution >= 4 is 0 Å². The van der Waals surface area contributed by atoms with E-state index in [0.29, 0.717) is 12.0 Å². The Morgan fingerprint density at radius 3 is 2.63 bits per heavy atom. The maximum atomic E-state index is 6.16. The molecule has 0 radical (unpaired) electrons. The Morgan fingerprint density at radius 1 is 1.26 bits per heavy atom. The fraction of sp³-hybridized carbons (Fsp3) is 0.625. The molecule has 0 spiro atoms. The Hall–Kier alpha value is -1.06. The monoisotopic (exact) mass is 262 g/mol. The first kappa shape index (κ1) is 14.4. The number of nitrogens with zero attached hydrogens (tertiary/aromatic N) is 1. The zero-order valence-electron chi connectivity index (χ0n) is 12.1. The fourth-order valence-corrected chi connectivity index (χ4v) is 2.82. The highest BCUT2D eigenvalue weighted by Gasteiger charge is 2.24. The molecule has 1 heterocycles. The lowest BCUT2D eigenvalue weighted by Gasteiger charge is -2.36. The van der Waals surface area contributed by atoms with Gasteiger partial charge in [-0.1, -0.05) is 25.5 Å². The summed E-state index contributed by atoms with van der Waals surface area (Å²) in [6, 6.07) is 8.85. The number of hydrogen-bond donors (Lipinski definition) is 1. The highest BCUT2D eigenvalue weighted by molar-refractivity contribution is 5.27. The van der Waals surface area contributed by atoms with Gasteiger partial charge in [-0.3, -0.25) is 4.90 Å². The second kappa shape index (κ2) is 6.92. The molecular weight excluding hydrogens is 236 g/mol. The molecule has 1 aliphatic heterocycles. The maximum Gasteiger partial charge on any atom is 0.119 e. The maximum absolute atomic E-state index is 6.16. The molecule has 2 N–H and O–H groups in total. The summed E-state index contributed by atoms with van der Waals surface area (Å²) in [4.78, 5) is 2.52. The molecule has 3 nitrogen and oxygen atoms in total. The van der Waals surface area contributed by atoms with Crippen LogP contribution < -0.4 is 10.5 Å². The number of benzene rings is 1. The molecule has 106 valence electrons. The molecule has 0 amide bonds. The van der Waals surface area contributed by atoms with Crippen molar-refractivity contribution in [3.05, 3.63) is 29.8 Å². The molecule has 0 aliphatic carbocycles. The van der Waals surface area contributed by atoms with E-state index in [9.17, 15) is 0 Å². The smallest absolute Gasteiger partial charge is 0.119 e. The van der Waals surface area contributed by atoms with Gasteiger partial charge < -0.3 is 10.5 Å². The summed E-state index contributed by atoms with van der Waals surface area (Å²) in [5.41, 5.74) is 7.51. The Kier molecular flexibility index (Phi) is 5.23. The molecule has 0 saturated carbocycles. The van der Waals surface area contributed by atoms with Crippen molar-refractivity contribution in [2.75, 3.05) is 19.7 Å². The summed E-state index contributed by atoms with van der Waals surface area (Å²) >= 11 is 0. The van der Waals surface area contributed by atoms with E-state index in [1.807, 2.05) is 6.92 Å². The van der Waals surface area contributed by atoms with Crippen LogP contribution in [0, 0.1) is 5.92 Å². The quantitative estimate of drug-likeness (QED) is 0.886. The van der Waals surface area contributed by atoms with E-state index in [-0.39, 0.29) is 0 Å². The van der Waals surface area contributed by atoms with Gasteiger partial charge in [-0.15, -0.1) is 0 Å². The van der Waals surface area contributed by atoms with Crippen LogP contribution in [-0.2, 0) is 6.54 Å². The minimum atomic E-state index is 0.390. The average molecular weight is 262 g/mol. The van der Waals surface area contributed by atoms with Crippen molar-refractivity contribution in [1.82, 2.24) is 4.90 Å². The standard InChI is InChI=1S/C16H26N2O/c1-3-14-12-18(10-9-16(14)17)11-13-5-7-15(8-6-13)19-4-2/h5-8,14,16H,3-4,9-12,17H2,1-2H3. The lowest BCUT2D eigenvalue weighted by atomic mass is 9.90. The molecule has 0 aromatic heterocycles. The van der Waals surface area contributed by atoms with Crippen LogP contribution in [0.4, 0.5) is 0 Å². The molecule has 1 fully saturated rings. The topological polar surface area (TPSA) is 38.5 Å². The van der Waals surface area contributed by atoms with Crippen LogP contribution in [0.2, 0.25) is 0 Å². The number of piperidine rings is 1. The fourth-order valence-electron chi connectivity index (χ4n) is 2.82. The Labute approximate surface area is 116 Å². The largest absolute Gasteiger partial charge is 0.494 e. The molecule has 2 unspecified atom stereocenters.